The van der Waals surface area contributed by atoms with Crippen LogP contribution in [-0.2, 0) is 11.0 Å². The van der Waals surface area contributed by atoms with Crippen molar-refractivity contribution in [2.45, 2.75) is 13.1 Å². The first-order valence-electron chi connectivity index (χ1n) is 4.50. The average molecular weight is 246 g/mol. The van der Waals surface area contributed by atoms with Gasteiger partial charge in [-0.25, -0.2) is 0 Å². The summed E-state index contributed by atoms with van der Waals surface area (Å²) in [7, 11) is 0. The minimum absolute atomic E-state index is 0.0465. The quantitative estimate of drug-likeness (QED) is 0.834. The monoisotopic (exact) mass is 246 g/mol. The van der Waals surface area contributed by atoms with E-state index in [0.29, 0.717) is 6.07 Å². The molecule has 3 N–H and O–H groups in total. The van der Waals surface area contributed by atoms with Crippen molar-refractivity contribution in [3.63, 3.8) is 0 Å². The van der Waals surface area contributed by atoms with Gasteiger partial charge in [0.25, 0.3) is 0 Å². The van der Waals surface area contributed by atoms with Gasteiger partial charge in [-0.2, -0.15) is 13.2 Å². The maximum absolute atomic E-state index is 12.6. The summed E-state index contributed by atoms with van der Waals surface area (Å²) in [6.45, 7) is 1.16. The van der Waals surface area contributed by atoms with E-state index in [2.05, 4.69) is 5.32 Å². The number of nitrogens with two attached hydrogens (primary N) is 1. The van der Waals surface area contributed by atoms with E-state index < -0.39 is 29.1 Å². The highest BCUT2D eigenvalue weighted by Crippen LogP contribution is 2.33. The third kappa shape index (κ3) is 3.20. The Morgan fingerprint density at radius 2 is 1.88 bits per heavy atom. The standard InChI is InChI=1S/C10H9F3N2O2/c1-5(16)15-6-2-3-7(9(14)17)8(4-6)10(11,12)13/h2-4H,1H3,(H2,14,17)(H,15,16). The lowest BCUT2D eigenvalue weighted by molar-refractivity contribution is -0.137. The molecule has 92 valence electrons. The van der Waals surface area contributed by atoms with Crippen LogP contribution in [0.5, 0.6) is 0 Å². The van der Waals surface area contributed by atoms with Crippen LogP contribution in [0.25, 0.3) is 0 Å². The number of alkyl halides is 3. The number of halogens is 3. The maximum Gasteiger partial charge on any atom is 0.417 e. The molecule has 0 fully saturated rings. The number of carbonyl (C=O) groups excluding carboxylic acids is 2. The van der Waals surface area contributed by atoms with Crippen molar-refractivity contribution in [2.24, 2.45) is 5.73 Å². The molecule has 0 aliphatic rings. The van der Waals surface area contributed by atoms with E-state index >= 15 is 0 Å². The lowest BCUT2D eigenvalue weighted by Crippen LogP contribution is -2.19. The third-order valence-electron chi connectivity index (χ3n) is 1.91. The normalized spacial score (nSPS) is 11.1. The van der Waals surface area contributed by atoms with Gasteiger partial charge in [-0.1, -0.05) is 0 Å². The first-order chi connectivity index (χ1) is 7.71. The van der Waals surface area contributed by atoms with Crippen molar-refractivity contribution in [1.82, 2.24) is 0 Å². The Morgan fingerprint density at radius 3 is 2.29 bits per heavy atom. The largest absolute Gasteiger partial charge is 0.417 e. The Balaban J connectivity index is 3.29. The average Bonchev–Trinajstić information content (AvgIpc) is 2.14. The molecule has 0 aromatic heterocycles. The molecule has 0 atom stereocenters. The maximum atomic E-state index is 12.6. The molecule has 0 aliphatic heterocycles. The number of benzene rings is 1. The number of rotatable bonds is 2. The van der Waals surface area contributed by atoms with Crippen molar-refractivity contribution in [3.05, 3.63) is 29.3 Å². The summed E-state index contributed by atoms with van der Waals surface area (Å²) in [5.41, 5.74) is 2.99. The Bertz CT molecular complexity index is 469. The van der Waals surface area contributed by atoms with E-state index in [0.717, 1.165) is 13.0 Å². The third-order valence-corrected chi connectivity index (χ3v) is 1.91. The smallest absolute Gasteiger partial charge is 0.366 e. The molecule has 0 unspecified atom stereocenters. The molecule has 1 aromatic carbocycles. The van der Waals surface area contributed by atoms with Crippen molar-refractivity contribution in [3.8, 4) is 0 Å². The van der Waals surface area contributed by atoms with E-state index in [1.165, 1.54) is 6.07 Å². The van der Waals surface area contributed by atoms with Crippen LogP contribution in [0, 0.1) is 0 Å². The second kappa shape index (κ2) is 4.44. The summed E-state index contributed by atoms with van der Waals surface area (Å²) >= 11 is 0. The van der Waals surface area contributed by atoms with Gasteiger partial charge in [-0.15, -0.1) is 0 Å². The van der Waals surface area contributed by atoms with E-state index in [4.69, 9.17) is 5.73 Å². The molecule has 17 heavy (non-hydrogen) atoms. The first kappa shape index (κ1) is 13.0. The van der Waals surface area contributed by atoms with Crippen LogP contribution in [0.1, 0.15) is 22.8 Å². The number of hydrogen-bond acceptors (Lipinski definition) is 2. The van der Waals surface area contributed by atoms with Gasteiger partial charge in [-0.3, -0.25) is 9.59 Å². The van der Waals surface area contributed by atoms with Crippen molar-refractivity contribution >= 4 is 17.5 Å². The Labute approximate surface area is 94.6 Å². The molecule has 7 heteroatoms. The topological polar surface area (TPSA) is 72.2 Å². The fourth-order valence-corrected chi connectivity index (χ4v) is 1.27. The fourth-order valence-electron chi connectivity index (χ4n) is 1.27. The number of amides is 2. The molecular formula is C10H9F3N2O2. The van der Waals surface area contributed by atoms with Gasteiger partial charge in [0.15, 0.2) is 0 Å². The van der Waals surface area contributed by atoms with Crippen LogP contribution >= 0.6 is 0 Å². The van der Waals surface area contributed by atoms with Crippen molar-refractivity contribution < 1.29 is 22.8 Å². The first-order valence-corrected chi connectivity index (χ1v) is 4.50. The van der Waals surface area contributed by atoms with Gasteiger partial charge in [-0.05, 0) is 18.2 Å². The predicted molar refractivity (Wildman–Crippen MR) is 54.3 cm³/mol. The van der Waals surface area contributed by atoms with Crippen molar-refractivity contribution in [2.75, 3.05) is 5.32 Å². The van der Waals surface area contributed by atoms with Crippen LogP contribution in [0.4, 0.5) is 18.9 Å². The summed E-state index contributed by atoms with van der Waals surface area (Å²) in [5, 5.41) is 2.19. The minimum atomic E-state index is -4.71. The van der Waals surface area contributed by atoms with Gasteiger partial charge in [0.1, 0.15) is 0 Å². The Kier molecular flexibility index (Phi) is 3.40. The Hall–Kier alpha value is -2.05. The summed E-state index contributed by atoms with van der Waals surface area (Å²) in [6.07, 6.45) is -4.71. The van der Waals surface area contributed by atoms with Gasteiger partial charge < -0.3 is 11.1 Å². The van der Waals surface area contributed by atoms with E-state index in [9.17, 15) is 22.8 Å². The van der Waals surface area contributed by atoms with Crippen molar-refractivity contribution in [1.29, 1.82) is 0 Å². The predicted octanol–water partition coefficient (Wildman–Crippen LogP) is 1.76. The van der Waals surface area contributed by atoms with E-state index in [-0.39, 0.29) is 5.69 Å². The number of nitrogens with one attached hydrogen (secondary N) is 1. The molecule has 0 heterocycles. The lowest BCUT2D eigenvalue weighted by atomic mass is 10.1. The zero-order chi connectivity index (χ0) is 13.2. The molecule has 0 radical (unpaired) electrons. The molecule has 1 rings (SSSR count). The van der Waals surface area contributed by atoms with Gasteiger partial charge in [0.05, 0.1) is 11.1 Å². The molecule has 1 aromatic rings. The second-order valence-electron chi connectivity index (χ2n) is 3.30. The molecule has 0 saturated carbocycles. The van der Waals surface area contributed by atoms with Gasteiger partial charge in [0.2, 0.25) is 11.8 Å². The number of hydrogen-bond donors (Lipinski definition) is 2. The summed E-state index contributed by atoms with van der Waals surface area (Å²) in [5.74, 6) is -1.68. The number of carbonyl (C=O) groups is 2. The minimum Gasteiger partial charge on any atom is -0.366 e. The number of anilines is 1. The molecule has 0 bridgehead atoms. The van der Waals surface area contributed by atoms with Gasteiger partial charge >= 0.3 is 6.18 Å². The molecular weight excluding hydrogens is 237 g/mol. The van der Waals surface area contributed by atoms with Crippen LogP contribution in [-0.4, -0.2) is 11.8 Å². The van der Waals surface area contributed by atoms with Gasteiger partial charge in [0, 0.05) is 12.6 Å². The second-order valence-corrected chi connectivity index (χ2v) is 3.30. The highest BCUT2D eigenvalue weighted by Gasteiger charge is 2.35. The molecule has 4 nitrogen and oxygen atoms in total. The van der Waals surface area contributed by atoms with E-state index in [1.54, 1.807) is 0 Å². The number of primary amides is 1. The summed E-state index contributed by atoms with van der Waals surface area (Å²) in [6, 6.07) is 2.77. The highest BCUT2D eigenvalue weighted by molar-refractivity contribution is 5.96. The summed E-state index contributed by atoms with van der Waals surface area (Å²) < 4.78 is 37.8. The molecule has 2 amide bonds. The lowest BCUT2D eigenvalue weighted by Gasteiger charge is -2.12. The van der Waals surface area contributed by atoms with E-state index in [1.807, 2.05) is 0 Å². The SMILES string of the molecule is CC(=O)Nc1ccc(C(N)=O)c(C(F)(F)F)c1. The summed E-state index contributed by atoms with van der Waals surface area (Å²) in [4.78, 5) is 21.5. The van der Waals surface area contributed by atoms with Crippen LogP contribution in [0.15, 0.2) is 18.2 Å². The zero-order valence-electron chi connectivity index (χ0n) is 8.76. The van der Waals surface area contributed by atoms with Crippen LogP contribution in [0.2, 0.25) is 0 Å². The van der Waals surface area contributed by atoms with Crippen LogP contribution < -0.4 is 11.1 Å². The molecule has 0 spiro atoms. The van der Waals surface area contributed by atoms with Crippen LogP contribution in [0.3, 0.4) is 0 Å². The highest BCUT2D eigenvalue weighted by atomic mass is 19.4. The zero-order valence-corrected chi connectivity index (χ0v) is 8.76. The molecule has 0 aliphatic carbocycles. The molecule has 0 saturated heterocycles. The fraction of sp³-hybridized carbons (Fsp3) is 0.200. The Morgan fingerprint density at radius 1 is 1.29 bits per heavy atom.